The Morgan fingerprint density at radius 1 is 0.919 bits per heavy atom. The molecule has 0 unspecified atom stereocenters. The number of nitrogens with two attached hydrogens (primary N) is 2. The van der Waals surface area contributed by atoms with Crippen LogP contribution in [0.4, 0.5) is 13.6 Å². The van der Waals surface area contributed by atoms with E-state index in [0.717, 1.165) is 12.5 Å². The average Bonchev–Trinajstić information content (AvgIpc) is 2.88. The van der Waals surface area contributed by atoms with Gasteiger partial charge < -0.3 is 20.9 Å². The van der Waals surface area contributed by atoms with Gasteiger partial charge in [0.25, 0.3) is 0 Å². The van der Waals surface area contributed by atoms with E-state index in [1.807, 2.05) is 0 Å². The first-order chi connectivity index (χ1) is 17.7. The van der Waals surface area contributed by atoms with E-state index in [-0.39, 0.29) is 11.5 Å². The average molecular weight is 514 g/mol. The van der Waals surface area contributed by atoms with Crippen molar-refractivity contribution in [1.29, 1.82) is 0 Å². The monoisotopic (exact) mass is 513 g/mol. The Morgan fingerprint density at radius 2 is 1.46 bits per heavy atom. The quantitative estimate of drug-likeness (QED) is 0.245. The Bertz CT molecular complexity index is 1090. The van der Waals surface area contributed by atoms with Crippen molar-refractivity contribution >= 4 is 11.9 Å². The highest BCUT2D eigenvalue weighted by Gasteiger charge is 2.19. The maximum atomic E-state index is 13.2. The third-order valence-corrected chi connectivity index (χ3v) is 5.99. The first kappa shape index (κ1) is 29.5. The number of phenols is 1. The number of primary amides is 1. The maximum absolute atomic E-state index is 13.2. The fourth-order valence-corrected chi connectivity index (χ4v) is 3.83. The summed E-state index contributed by atoms with van der Waals surface area (Å²) >= 11 is 0. The molecule has 0 saturated heterocycles. The minimum absolute atomic E-state index is 0.125. The summed E-state index contributed by atoms with van der Waals surface area (Å²) in [4.78, 5) is 22.8. The van der Waals surface area contributed by atoms with E-state index in [1.54, 1.807) is 36.4 Å². The molecule has 0 aliphatic rings. The molecule has 0 aliphatic heterocycles. The molecule has 0 fully saturated rings. The Kier molecular flexibility index (Phi) is 12.2. The van der Waals surface area contributed by atoms with Gasteiger partial charge in [0.1, 0.15) is 23.9 Å². The number of aromatic hydroxyl groups is 1. The number of hydrogen-bond donors (Lipinski definition) is 3. The van der Waals surface area contributed by atoms with Gasteiger partial charge in [-0.1, -0.05) is 51.0 Å². The Hall–Kier alpha value is -3.78. The number of benzene rings is 3. The Morgan fingerprint density at radius 3 is 1.92 bits per heavy atom. The standard InChI is InChI=1S/C15H23NO2.C14H11F2NO2/c1-3-12(4-2)9-10-16-11-15(18)13-5-7-14(17)8-6-13;15-11-5-1-3-9(7-11)13(19-14(17)18)10-4-2-6-12(16)8-10/h5-8,12,16-17H,3-4,9-11H2,1-2H3;1-8,13H,(H2,17,18)/p+1. The van der Waals surface area contributed by atoms with Gasteiger partial charge in [0.2, 0.25) is 5.78 Å². The molecule has 3 aromatic rings. The molecule has 0 radical (unpaired) electrons. The van der Waals surface area contributed by atoms with Crippen molar-refractivity contribution in [2.75, 3.05) is 13.1 Å². The highest BCUT2D eigenvalue weighted by atomic mass is 19.1. The third-order valence-electron chi connectivity index (χ3n) is 5.99. The number of rotatable bonds is 11. The van der Waals surface area contributed by atoms with Crippen LogP contribution in [-0.2, 0) is 4.74 Å². The number of ketones is 1. The predicted octanol–water partition coefficient (Wildman–Crippen LogP) is 5.11. The second kappa shape index (κ2) is 15.4. The van der Waals surface area contributed by atoms with Crippen LogP contribution in [0, 0.1) is 17.6 Å². The summed E-state index contributed by atoms with van der Waals surface area (Å²) in [6.45, 7) is 5.94. The highest BCUT2D eigenvalue weighted by molar-refractivity contribution is 5.96. The van der Waals surface area contributed by atoms with Gasteiger partial charge in [0.05, 0.1) is 6.54 Å². The molecule has 0 aliphatic carbocycles. The molecule has 198 valence electrons. The van der Waals surface area contributed by atoms with Crippen molar-refractivity contribution in [2.45, 2.75) is 39.2 Å². The summed E-state index contributed by atoms with van der Waals surface area (Å²) < 4.78 is 31.4. The maximum Gasteiger partial charge on any atom is 0.405 e. The zero-order valence-corrected chi connectivity index (χ0v) is 21.2. The number of phenolic OH excluding ortho intramolecular Hbond substituents is 1. The highest BCUT2D eigenvalue weighted by Crippen LogP contribution is 2.27. The van der Waals surface area contributed by atoms with Gasteiger partial charge >= 0.3 is 6.09 Å². The van der Waals surface area contributed by atoms with E-state index in [1.165, 1.54) is 55.7 Å². The molecule has 0 saturated carbocycles. The van der Waals surface area contributed by atoms with Crippen molar-refractivity contribution < 1.29 is 33.5 Å². The fraction of sp³-hybridized carbons (Fsp3) is 0.310. The van der Waals surface area contributed by atoms with E-state index in [0.29, 0.717) is 23.2 Å². The molecule has 5 N–H and O–H groups in total. The molecule has 1 amide bonds. The number of amides is 1. The van der Waals surface area contributed by atoms with Crippen LogP contribution in [-0.4, -0.2) is 30.1 Å². The van der Waals surface area contributed by atoms with Gasteiger partial charge in [-0.2, -0.15) is 0 Å². The number of ether oxygens (including phenoxy) is 1. The lowest BCUT2D eigenvalue weighted by atomic mass is 10.00. The molecular formula is C29H35F2N2O4+. The van der Waals surface area contributed by atoms with Crippen LogP contribution in [0.15, 0.2) is 72.8 Å². The van der Waals surface area contributed by atoms with Gasteiger partial charge in [-0.3, -0.25) is 4.79 Å². The molecule has 0 heterocycles. The first-order valence-electron chi connectivity index (χ1n) is 12.3. The molecule has 0 aromatic heterocycles. The predicted molar refractivity (Wildman–Crippen MR) is 138 cm³/mol. The molecule has 37 heavy (non-hydrogen) atoms. The Balaban J connectivity index is 0.000000261. The van der Waals surface area contributed by atoms with Crippen LogP contribution >= 0.6 is 0 Å². The summed E-state index contributed by atoms with van der Waals surface area (Å²) in [6.07, 6.45) is 1.66. The molecular weight excluding hydrogens is 478 g/mol. The van der Waals surface area contributed by atoms with Crippen molar-refractivity contribution in [3.05, 3.63) is 101 Å². The van der Waals surface area contributed by atoms with E-state index in [4.69, 9.17) is 15.6 Å². The molecule has 3 rings (SSSR count). The normalized spacial score (nSPS) is 10.6. The minimum Gasteiger partial charge on any atom is -0.508 e. The van der Waals surface area contributed by atoms with Gasteiger partial charge in [0.15, 0.2) is 6.10 Å². The van der Waals surface area contributed by atoms with E-state index in [9.17, 15) is 18.4 Å². The lowest BCUT2D eigenvalue weighted by Crippen LogP contribution is -2.86. The summed E-state index contributed by atoms with van der Waals surface area (Å²) in [7, 11) is 0. The number of carbonyl (C=O) groups excluding carboxylic acids is 2. The van der Waals surface area contributed by atoms with Crippen LogP contribution < -0.4 is 11.1 Å². The number of Topliss-reactive ketones (excluding diaryl/α,β-unsaturated/α-hetero) is 1. The third kappa shape index (κ3) is 10.4. The van der Waals surface area contributed by atoms with Crippen molar-refractivity contribution in [3.63, 3.8) is 0 Å². The molecule has 0 atom stereocenters. The van der Waals surface area contributed by atoms with Crippen LogP contribution in [0.1, 0.15) is 60.7 Å². The number of halogens is 2. The summed E-state index contributed by atoms with van der Waals surface area (Å²) in [6, 6.07) is 17.5. The van der Waals surface area contributed by atoms with E-state index >= 15 is 0 Å². The molecule has 8 heteroatoms. The smallest absolute Gasteiger partial charge is 0.405 e. The summed E-state index contributed by atoms with van der Waals surface area (Å²) in [5.74, 6) is 0.146. The van der Waals surface area contributed by atoms with Crippen molar-refractivity contribution in [1.82, 2.24) is 0 Å². The van der Waals surface area contributed by atoms with E-state index in [2.05, 4.69) is 19.2 Å². The van der Waals surface area contributed by atoms with Gasteiger partial charge in [-0.05, 0) is 72.0 Å². The molecule has 3 aromatic carbocycles. The minimum atomic E-state index is -1.02. The second-order valence-electron chi connectivity index (χ2n) is 8.65. The molecule has 6 nitrogen and oxygen atoms in total. The second-order valence-corrected chi connectivity index (χ2v) is 8.65. The summed E-state index contributed by atoms with van der Waals surface area (Å²) in [5.41, 5.74) is 6.43. The molecule has 0 spiro atoms. The Labute approximate surface area is 216 Å². The molecule has 0 bridgehead atoms. The van der Waals surface area contributed by atoms with Crippen molar-refractivity contribution in [2.24, 2.45) is 11.7 Å². The van der Waals surface area contributed by atoms with Crippen molar-refractivity contribution in [3.8, 4) is 5.75 Å². The van der Waals surface area contributed by atoms with Crippen LogP contribution in [0.25, 0.3) is 0 Å². The van der Waals surface area contributed by atoms with Crippen LogP contribution in [0.2, 0.25) is 0 Å². The zero-order valence-electron chi connectivity index (χ0n) is 21.2. The van der Waals surface area contributed by atoms with Crippen LogP contribution in [0.5, 0.6) is 5.75 Å². The van der Waals surface area contributed by atoms with Gasteiger partial charge in [-0.25, -0.2) is 13.6 Å². The van der Waals surface area contributed by atoms with Gasteiger partial charge in [0, 0.05) is 5.56 Å². The lowest BCUT2D eigenvalue weighted by Gasteiger charge is -2.17. The first-order valence-corrected chi connectivity index (χ1v) is 12.3. The fourth-order valence-electron chi connectivity index (χ4n) is 3.83. The number of carbonyl (C=O) groups is 2. The zero-order chi connectivity index (χ0) is 27.2. The van der Waals surface area contributed by atoms with E-state index < -0.39 is 23.8 Å². The number of quaternary nitrogens is 1. The van der Waals surface area contributed by atoms with Gasteiger partial charge in [-0.15, -0.1) is 0 Å². The SMILES string of the molecule is CCC(CC)CC[NH2+]CC(=O)c1ccc(O)cc1.NC(=O)OC(c1cccc(F)c1)c1cccc(F)c1. The lowest BCUT2D eigenvalue weighted by molar-refractivity contribution is -0.643. The summed E-state index contributed by atoms with van der Waals surface area (Å²) in [5, 5.41) is 11.2. The largest absolute Gasteiger partial charge is 0.508 e. The topological polar surface area (TPSA) is 106 Å². The number of hydrogen-bond acceptors (Lipinski definition) is 4. The van der Waals surface area contributed by atoms with Crippen LogP contribution in [0.3, 0.4) is 0 Å².